The Bertz CT molecular complexity index is 1910. The van der Waals surface area contributed by atoms with E-state index in [9.17, 15) is 13.6 Å². The number of carbonyl (C=O) groups excluding carboxylic acids is 1. The molecule has 0 spiro atoms. The molecule has 6 aromatic rings. The largest absolute Gasteiger partial charge is 0.460 e. The number of anilines is 1. The van der Waals surface area contributed by atoms with Gasteiger partial charge in [0.2, 0.25) is 0 Å². The lowest BCUT2D eigenvalue weighted by Crippen LogP contribution is -1.95. The molecule has 212 valence electrons. The first-order chi connectivity index (χ1) is 20.9. The Balaban J connectivity index is 1.26. The zero-order valence-electron chi connectivity index (χ0n) is 22.8. The predicted molar refractivity (Wildman–Crippen MR) is 162 cm³/mol. The van der Waals surface area contributed by atoms with Crippen LogP contribution in [0.25, 0.3) is 39.4 Å². The Labute approximate surface area is 246 Å². The Morgan fingerprint density at radius 1 is 0.814 bits per heavy atom. The number of aromatic nitrogens is 2. The number of ketones is 1. The molecule has 6 rings (SSSR count). The highest BCUT2D eigenvalue weighted by Crippen LogP contribution is 2.36. The van der Waals surface area contributed by atoms with Gasteiger partial charge in [-0.25, -0.2) is 13.8 Å². The van der Waals surface area contributed by atoms with Gasteiger partial charge in [-0.3, -0.25) is 9.78 Å². The number of fused-ring (bicyclic) bond motifs is 1. The van der Waals surface area contributed by atoms with Crippen molar-refractivity contribution in [2.24, 2.45) is 0 Å². The van der Waals surface area contributed by atoms with Gasteiger partial charge in [0.05, 0.1) is 11.9 Å². The van der Waals surface area contributed by atoms with Crippen LogP contribution in [0, 0.1) is 11.6 Å². The molecule has 0 amide bonds. The van der Waals surface area contributed by atoms with Crippen LogP contribution >= 0.6 is 0 Å². The van der Waals surface area contributed by atoms with E-state index in [-0.39, 0.29) is 23.8 Å². The number of halogens is 2. The highest BCUT2D eigenvalue weighted by molar-refractivity contribution is 5.97. The van der Waals surface area contributed by atoms with Gasteiger partial charge in [-0.2, -0.15) is 0 Å². The van der Waals surface area contributed by atoms with Crippen molar-refractivity contribution in [3.05, 3.63) is 132 Å². The van der Waals surface area contributed by atoms with Crippen LogP contribution in [-0.2, 0) is 11.2 Å². The second-order valence-corrected chi connectivity index (χ2v) is 9.91. The van der Waals surface area contributed by atoms with E-state index in [0.717, 1.165) is 27.6 Å². The molecule has 43 heavy (non-hydrogen) atoms. The fourth-order valence-electron chi connectivity index (χ4n) is 4.61. The van der Waals surface area contributed by atoms with Gasteiger partial charge in [0, 0.05) is 35.6 Å². The molecule has 0 aliphatic carbocycles. The number of nitrogens with zero attached hydrogens (tertiary/aromatic N) is 2. The van der Waals surface area contributed by atoms with E-state index in [1.165, 1.54) is 30.3 Å². The van der Waals surface area contributed by atoms with Crippen molar-refractivity contribution in [3.8, 4) is 33.9 Å². The summed E-state index contributed by atoms with van der Waals surface area (Å²) in [6.45, 7) is 0. The number of nitrogens with two attached hydrogens (primary N) is 1. The smallest absolute Gasteiger partial charge is 0.156 e. The quantitative estimate of drug-likeness (QED) is 0.175. The molecular weight excluding hydrogens is 548 g/mol. The Hall–Kier alpha value is -5.63. The average molecular weight is 574 g/mol. The maximum Gasteiger partial charge on any atom is 0.156 e. The number of nitrogen functional groups attached to an aromatic ring is 1. The first-order valence-corrected chi connectivity index (χ1v) is 13.5. The van der Waals surface area contributed by atoms with Crippen molar-refractivity contribution in [1.82, 2.24) is 9.97 Å². The summed E-state index contributed by atoms with van der Waals surface area (Å²) in [7, 11) is 0. The van der Waals surface area contributed by atoms with Gasteiger partial charge in [0.15, 0.2) is 5.78 Å². The van der Waals surface area contributed by atoms with E-state index >= 15 is 0 Å². The molecule has 0 saturated heterocycles. The zero-order valence-corrected chi connectivity index (χ0v) is 22.8. The van der Waals surface area contributed by atoms with E-state index in [4.69, 9.17) is 14.9 Å². The number of ether oxygens (including phenoxy) is 1. The minimum Gasteiger partial charge on any atom is -0.460 e. The Morgan fingerprint density at radius 2 is 1.56 bits per heavy atom. The van der Waals surface area contributed by atoms with E-state index < -0.39 is 0 Å². The molecule has 3 aromatic carbocycles. The molecular formula is C35H25F2N3O3. The summed E-state index contributed by atoms with van der Waals surface area (Å²) in [5, 5.41) is 0.830. The van der Waals surface area contributed by atoms with Crippen LogP contribution in [-0.4, -0.2) is 15.8 Å². The number of furan rings is 1. The van der Waals surface area contributed by atoms with E-state index in [1.807, 2.05) is 24.3 Å². The SMILES string of the molecule is Nc1ccc(/C=C/C(=O)CCc2cc3cc(-c4ccc(Oc5ccc(F)cc5)cn4)cc(-c4ccc(F)cc4)c3o2)cn1. The summed E-state index contributed by atoms with van der Waals surface area (Å²) in [6.07, 6.45) is 7.09. The Kier molecular flexibility index (Phi) is 7.74. The highest BCUT2D eigenvalue weighted by Gasteiger charge is 2.15. The molecule has 3 heterocycles. The minimum atomic E-state index is -0.342. The van der Waals surface area contributed by atoms with Crippen molar-refractivity contribution in [2.45, 2.75) is 12.8 Å². The average Bonchev–Trinajstić information content (AvgIpc) is 3.44. The third kappa shape index (κ3) is 6.65. The van der Waals surface area contributed by atoms with Crippen LogP contribution in [0.2, 0.25) is 0 Å². The van der Waals surface area contributed by atoms with Gasteiger partial charge in [0.1, 0.15) is 40.3 Å². The van der Waals surface area contributed by atoms with E-state index in [2.05, 4.69) is 9.97 Å². The van der Waals surface area contributed by atoms with Crippen LogP contribution < -0.4 is 10.5 Å². The molecule has 0 bridgehead atoms. The van der Waals surface area contributed by atoms with Gasteiger partial charge in [0.25, 0.3) is 0 Å². The maximum atomic E-state index is 13.7. The highest BCUT2D eigenvalue weighted by atomic mass is 19.1. The normalized spacial score (nSPS) is 11.3. The summed E-state index contributed by atoms with van der Waals surface area (Å²) in [6, 6.07) is 24.9. The first-order valence-electron chi connectivity index (χ1n) is 13.5. The fraction of sp³-hybridized carbons (Fsp3) is 0.0571. The van der Waals surface area contributed by atoms with Crippen molar-refractivity contribution < 1.29 is 22.7 Å². The summed E-state index contributed by atoms with van der Waals surface area (Å²) in [5.41, 5.74) is 10.1. The van der Waals surface area contributed by atoms with Crippen LogP contribution in [0.15, 0.2) is 114 Å². The van der Waals surface area contributed by atoms with Crippen LogP contribution in [0.3, 0.4) is 0 Å². The monoisotopic (exact) mass is 573 g/mol. The number of hydrogen-bond donors (Lipinski definition) is 1. The van der Waals surface area contributed by atoms with Gasteiger partial charge in [-0.05, 0) is 102 Å². The number of pyridine rings is 2. The maximum absolute atomic E-state index is 13.7. The first kappa shape index (κ1) is 27.5. The number of aryl methyl sites for hydroxylation is 1. The molecule has 0 radical (unpaired) electrons. The minimum absolute atomic E-state index is 0.0520. The fourth-order valence-corrected chi connectivity index (χ4v) is 4.61. The number of rotatable bonds is 9. The third-order valence-electron chi connectivity index (χ3n) is 6.79. The zero-order chi connectivity index (χ0) is 29.8. The van der Waals surface area contributed by atoms with Gasteiger partial charge in [-0.15, -0.1) is 0 Å². The van der Waals surface area contributed by atoms with Crippen LogP contribution in [0.1, 0.15) is 17.7 Å². The number of allylic oxidation sites excluding steroid dienone is 1. The topological polar surface area (TPSA) is 91.2 Å². The predicted octanol–water partition coefficient (Wildman–Crippen LogP) is 8.42. The molecule has 2 N–H and O–H groups in total. The van der Waals surface area contributed by atoms with Crippen molar-refractivity contribution >= 4 is 28.6 Å². The molecule has 0 atom stereocenters. The second-order valence-electron chi connectivity index (χ2n) is 9.91. The number of carbonyl (C=O) groups is 1. The standard InChI is InChI=1S/C35H25F2N3O3/c36-26-5-3-23(4-6-26)32-19-24(33-15-14-31(21-39-33)42-29-11-7-27(37)8-12-29)17-25-18-30(43-35(25)32)13-10-28(41)9-1-22-2-16-34(38)40-20-22/h1-9,11-12,14-21H,10,13H2,(H2,38,40)/b9-1+. The molecule has 3 aromatic heterocycles. The van der Waals surface area contributed by atoms with Gasteiger partial charge < -0.3 is 14.9 Å². The number of hydrogen-bond acceptors (Lipinski definition) is 6. The van der Waals surface area contributed by atoms with Crippen molar-refractivity contribution in [3.63, 3.8) is 0 Å². The van der Waals surface area contributed by atoms with Gasteiger partial charge in [-0.1, -0.05) is 12.1 Å². The molecule has 0 fully saturated rings. The summed E-state index contributed by atoms with van der Waals surface area (Å²) >= 11 is 0. The summed E-state index contributed by atoms with van der Waals surface area (Å²) in [5.74, 6) is 1.35. The molecule has 8 heteroatoms. The molecule has 0 saturated carbocycles. The lowest BCUT2D eigenvalue weighted by atomic mass is 9.98. The van der Waals surface area contributed by atoms with Crippen LogP contribution in [0.5, 0.6) is 11.5 Å². The van der Waals surface area contributed by atoms with E-state index in [0.29, 0.717) is 40.8 Å². The van der Waals surface area contributed by atoms with Crippen LogP contribution in [0.4, 0.5) is 14.6 Å². The van der Waals surface area contributed by atoms with Crippen molar-refractivity contribution in [2.75, 3.05) is 5.73 Å². The molecule has 0 aliphatic rings. The molecule has 0 unspecified atom stereocenters. The summed E-state index contributed by atoms with van der Waals surface area (Å²) in [4.78, 5) is 21.1. The number of benzene rings is 3. The summed E-state index contributed by atoms with van der Waals surface area (Å²) < 4.78 is 39.0. The lowest BCUT2D eigenvalue weighted by molar-refractivity contribution is -0.114. The van der Waals surface area contributed by atoms with Gasteiger partial charge >= 0.3 is 0 Å². The van der Waals surface area contributed by atoms with E-state index in [1.54, 1.807) is 60.9 Å². The second kappa shape index (κ2) is 12.1. The molecule has 6 nitrogen and oxygen atoms in total. The molecule has 0 aliphatic heterocycles. The van der Waals surface area contributed by atoms with Crippen molar-refractivity contribution in [1.29, 1.82) is 0 Å². The lowest BCUT2D eigenvalue weighted by Gasteiger charge is -2.09. The third-order valence-corrected chi connectivity index (χ3v) is 6.79. The Morgan fingerprint density at radius 3 is 2.26 bits per heavy atom.